The van der Waals surface area contributed by atoms with Gasteiger partial charge in [0.15, 0.2) is 0 Å². The summed E-state index contributed by atoms with van der Waals surface area (Å²) in [6.07, 6.45) is 7.23. The minimum Gasteiger partial charge on any atom is -0.377 e. The molecule has 0 amide bonds. The maximum atomic E-state index is 5.51. The molecule has 2 heteroatoms. The van der Waals surface area contributed by atoms with Crippen LogP contribution in [0.2, 0.25) is 0 Å². The molecule has 0 aromatic carbocycles. The summed E-state index contributed by atoms with van der Waals surface area (Å²) in [7, 11) is 0. The zero-order valence-corrected chi connectivity index (χ0v) is 7.01. The van der Waals surface area contributed by atoms with Crippen molar-refractivity contribution in [2.45, 2.75) is 44.2 Å². The summed E-state index contributed by atoms with van der Waals surface area (Å²) >= 11 is 0. The molecule has 2 fully saturated rings. The second kappa shape index (κ2) is 3.55. The van der Waals surface area contributed by atoms with Gasteiger partial charge in [0.2, 0.25) is 0 Å². The van der Waals surface area contributed by atoms with Gasteiger partial charge in [-0.1, -0.05) is 6.42 Å². The number of hydrogen-bond acceptors (Lipinski definition) is 2. The molecule has 0 bridgehead atoms. The lowest BCUT2D eigenvalue weighted by Gasteiger charge is -2.27. The van der Waals surface area contributed by atoms with E-state index in [-0.39, 0.29) is 0 Å². The lowest BCUT2D eigenvalue weighted by atomic mass is 9.93. The van der Waals surface area contributed by atoms with Crippen molar-refractivity contribution < 1.29 is 4.74 Å². The minimum atomic E-state index is 0.524. The van der Waals surface area contributed by atoms with Crippen LogP contribution in [0.3, 0.4) is 0 Å². The van der Waals surface area contributed by atoms with E-state index in [0.717, 1.165) is 19.2 Å². The molecule has 1 saturated heterocycles. The zero-order chi connectivity index (χ0) is 7.52. The van der Waals surface area contributed by atoms with Crippen LogP contribution in [-0.4, -0.2) is 25.3 Å². The summed E-state index contributed by atoms with van der Waals surface area (Å²) in [5, 5.41) is 3.54. The Morgan fingerprint density at radius 1 is 1.18 bits per heavy atom. The normalized spacial score (nSPS) is 32.2. The Balaban J connectivity index is 1.57. The fraction of sp³-hybridized carbons (Fsp3) is 1.00. The van der Waals surface area contributed by atoms with Crippen molar-refractivity contribution in [3.8, 4) is 0 Å². The van der Waals surface area contributed by atoms with Gasteiger partial charge in [0, 0.05) is 19.2 Å². The van der Waals surface area contributed by atoms with Crippen LogP contribution in [0.15, 0.2) is 0 Å². The lowest BCUT2D eigenvalue weighted by Crippen LogP contribution is -2.39. The highest BCUT2D eigenvalue weighted by molar-refractivity contribution is 4.78. The minimum absolute atomic E-state index is 0.524. The second-order valence-corrected chi connectivity index (χ2v) is 3.67. The number of nitrogens with one attached hydrogen (secondary N) is 1. The molecule has 2 nitrogen and oxygen atoms in total. The largest absolute Gasteiger partial charge is 0.377 e. The van der Waals surface area contributed by atoms with Crippen LogP contribution >= 0.6 is 0 Å². The van der Waals surface area contributed by atoms with Crippen molar-refractivity contribution >= 4 is 0 Å². The summed E-state index contributed by atoms with van der Waals surface area (Å²) < 4.78 is 5.51. The molecule has 1 unspecified atom stereocenters. The summed E-state index contributed by atoms with van der Waals surface area (Å²) in [4.78, 5) is 0. The average Bonchev–Trinajstić information content (AvgIpc) is 2.36. The van der Waals surface area contributed by atoms with Crippen LogP contribution < -0.4 is 5.32 Å². The van der Waals surface area contributed by atoms with Crippen LogP contribution in [0.1, 0.15) is 32.1 Å². The van der Waals surface area contributed by atoms with Crippen molar-refractivity contribution in [2.75, 3.05) is 13.2 Å². The van der Waals surface area contributed by atoms with E-state index in [2.05, 4.69) is 5.32 Å². The molecule has 1 aliphatic carbocycles. The van der Waals surface area contributed by atoms with Crippen molar-refractivity contribution in [1.82, 2.24) is 5.32 Å². The fourth-order valence-electron chi connectivity index (χ4n) is 1.72. The molecule has 1 heterocycles. The third-order valence-electron chi connectivity index (χ3n) is 2.76. The maximum absolute atomic E-state index is 5.51. The Hall–Kier alpha value is -0.0800. The number of ether oxygens (including phenoxy) is 1. The predicted octanol–water partition coefficient (Wildman–Crippen LogP) is 1.31. The predicted molar refractivity (Wildman–Crippen MR) is 44.6 cm³/mol. The van der Waals surface area contributed by atoms with Gasteiger partial charge in [-0.05, 0) is 25.7 Å². The van der Waals surface area contributed by atoms with Gasteiger partial charge in [-0.25, -0.2) is 0 Å². The molecule has 2 rings (SSSR count). The molecule has 0 aromatic heterocycles. The Morgan fingerprint density at radius 2 is 2.09 bits per heavy atom. The van der Waals surface area contributed by atoms with Gasteiger partial charge < -0.3 is 10.1 Å². The summed E-state index contributed by atoms with van der Waals surface area (Å²) in [6.45, 7) is 2.07. The van der Waals surface area contributed by atoms with E-state index in [9.17, 15) is 0 Å². The monoisotopic (exact) mass is 155 g/mol. The molecule has 0 spiro atoms. The first-order chi connectivity index (χ1) is 5.45. The third-order valence-corrected chi connectivity index (χ3v) is 2.76. The first kappa shape index (κ1) is 7.56. The van der Waals surface area contributed by atoms with Crippen LogP contribution in [0.5, 0.6) is 0 Å². The Morgan fingerprint density at radius 3 is 2.64 bits per heavy atom. The van der Waals surface area contributed by atoms with Crippen LogP contribution in [0, 0.1) is 0 Å². The molecule has 1 atom stereocenters. The fourth-order valence-corrected chi connectivity index (χ4v) is 1.72. The highest BCUT2D eigenvalue weighted by Crippen LogP contribution is 2.19. The Kier molecular flexibility index (Phi) is 2.44. The SMILES string of the molecule is C1CC(NCC2CCCO2)C1. The molecule has 11 heavy (non-hydrogen) atoms. The zero-order valence-electron chi connectivity index (χ0n) is 7.01. The van der Waals surface area contributed by atoms with Gasteiger partial charge in [-0.15, -0.1) is 0 Å². The number of hydrogen-bond donors (Lipinski definition) is 1. The van der Waals surface area contributed by atoms with Crippen LogP contribution in [0.4, 0.5) is 0 Å². The molecule has 1 N–H and O–H groups in total. The first-order valence-electron chi connectivity index (χ1n) is 4.80. The van der Waals surface area contributed by atoms with Crippen molar-refractivity contribution in [3.05, 3.63) is 0 Å². The van der Waals surface area contributed by atoms with Gasteiger partial charge >= 0.3 is 0 Å². The molecule has 1 saturated carbocycles. The van der Waals surface area contributed by atoms with E-state index in [1.807, 2.05) is 0 Å². The standard InChI is InChI=1S/C9H17NO/c1-3-8(4-1)10-7-9-5-2-6-11-9/h8-10H,1-7H2. The molecule has 2 aliphatic rings. The van der Waals surface area contributed by atoms with E-state index in [1.54, 1.807) is 0 Å². The van der Waals surface area contributed by atoms with Crippen LogP contribution in [0.25, 0.3) is 0 Å². The van der Waals surface area contributed by atoms with E-state index in [1.165, 1.54) is 32.1 Å². The van der Waals surface area contributed by atoms with Gasteiger partial charge in [0.05, 0.1) is 6.10 Å². The van der Waals surface area contributed by atoms with E-state index < -0.39 is 0 Å². The van der Waals surface area contributed by atoms with E-state index in [0.29, 0.717) is 6.10 Å². The van der Waals surface area contributed by atoms with Gasteiger partial charge in [0.1, 0.15) is 0 Å². The second-order valence-electron chi connectivity index (χ2n) is 3.67. The topological polar surface area (TPSA) is 21.3 Å². The molecular weight excluding hydrogens is 138 g/mol. The smallest absolute Gasteiger partial charge is 0.0700 e. The maximum Gasteiger partial charge on any atom is 0.0700 e. The molecule has 0 aromatic rings. The van der Waals surface area contributed by atoms with Gasteiger partial charge in [0.25, 0.3) is 0 Å². The molecule has 64 valence electrons. The Labute approximate surface area is 68.3 Å². The van der Waals surface area contributed by atoms with Gasteiger partial charge in [-0.3, -0.25) is 0 Å². The van der Waals surface area contributed by atoms with E-state index >= 15 is 0 Å². The number of rotatable bonds is 3. The molecule has 0 radical (unpaired) electrons. The van der Waals surface area contributed by atoms with Crippen molar-refractivity contribution in [2.24, 2.45) is 0 Å². The highest BCUT2D eigenvalue weighted by atomic mass is 16.5. The van der Waals surface area contributed by atoms with E-state index in [4.69, 9.17) is 4.74 Å². The summed E-state index contributed by atoms with van der Waals surface area (Å²) in [6, 6.07) is 0.819. The summed E-state index contributed by atoms with van der Waals surface area (Å²) in [5.41, 5.74) is 0. The lowest BCUT2D eigenvalue weighted by molar-refractivity contribution is 0.104. The average molecular weight is 155 g/mol. The summed E-state index contributed by atoms with van der Waals surface area (Å²) in [5.74, 6) is 0. The Bertz CT molecular complexity index is 117. The molecular formula is C9H17NO. The highest BCUT2D eigenvalue weighted by Gasteiger charge is 2.20. The quantitative estimate of drug-likeness (QED) is 0.663. The van der Waals surface area contributed by atoms with Crippen molar-refractivity contribution in [3.63, 3.8) is 0 Å². The third kappa shape index (κ3) is 1.94. The van der Waals surface area contributed by atoms with Gasteiger partial charge in [-0.2, -0.15) is 0 Å². The van der Waals surface area contributed by atoms with Crippen molar-refractivity contribution in [1.29, 1.82) is 0 Å². The first-order valence-corrected chi connectivity index (χ1v) is 4.80. The van der Waals surface area contributed by atoms with Crippen LogP contribution in [-0.2, 0) is 4.74 Å². The molecule has 1 aliphatic heterocycles.